The molecule has 1 heterocycles. The van der Waals surface area contributed by atoms with Gasteiger partial charge in [-0.1, -0.05) is 12.2 Å². The highest BCUT2D eigenvalue weighted by Crippen LogP contribution is 2.43. The van der Waals surface area contributed by atoms with E-state index in [1.807, 2.05) is 6.07 Å². The second-order valence-corrected chi connectivity index (χ2v) is 4.57. The van der Waals surface area contributed by atoms with Gasteiger partial charge in [-0.25, -0.2) is 0 Å². The van der Waals surface area contributed by atoms with Crippen molar-refractivity contribution in [2.24, 2.45) is 17.8 Å². The summed E-state index contributed by atoms with van der Waals surface area (Å²) < 4.78 is 10.4. The Hall–Kier alpha value is -1.51. The average molecular weight is 218 g/mol. The number of esters is 1. The standard InChI is InChI=1S/C13H14O3/c14-13(16-8-11-2-1-5-15-11)12-7-9-3-4-10(12)6-9/h1-5,9-10,12H,6-8H2/t9-,10-,12+/m0/s1. The molecule has 0 unspecified atom stereocenters. The molecule has 3 heteroatoms. The maximum Gasteiger partial charge on any atom is 0.309 e. The van der Waals surface area contributed by atoms with Crippen molar-refractivity contribution < 1.29 is 13.9 Å². The Morgan fingerprint density at radius 2 is 2.38 bits per heavy atom. The highest BCUT2D eigenvalue weighted by Gasteiger charge is 2.40. The first-order valence-corrected chi connectivity index (χ1v) is 5.70. The van der Waals surface area contributed by atoms with Gasteiger partial charge in [-0.05, 0) is 36.8 Å². The van der Waals surface area contributed by atoms with Crippen LogP contribution in [-0.2, 0) is 16.1 Å². The fourth-order valence-electron chi connectivity index (χ4n) is 2.70. The molecular weight excluding hydrogens is 204 g/mol. The van der Waals surface area contributed by atoms with Crippen LogP contribution in [0, 0.1) is 17.8 Å². The van der Waals surface area contributed by atoms with Crippen LogP contribution in [0.5, 0.6) is 0 Å². The first-order valence-electron chi connectivity index (χ1n) is 5.70. The van der Waals surface area contributed by atoms with Gasteiger partial charge in [0.15, 0.2) is 0 Å². The van der Waals surface area contributed by atoms with Crippen LogP contribution < -0.4 is 0 Å². The fourth-order valence-corrected chi connectivity index (χ4v) is 2.70. The minimum absolute atomic E-state index is 0.0740. The third-order valence-corrected chi connectivity index (χ3v) is 3.52. The fraction of sp³-hybridized carbons (Fsp3) is 0.462. The predicted molar refractivity (Wildman–Crippen MR) is 57.3 cm³/mol. The number of carbonyl (C=O) groups is 1. The van der Waals surface area contributed by atoms with Crippen molar-refractivity contribution in [2.45, 2.75) is 19.4 Å². The number of ether oxygens (including phenoxy) is 1. The van der Waals surface area contributed by atoms with E-state index in [2.05, 4.69) is 12.2 Å². The van der Waals surface area contributed by atoms with E-state index in [4.69, 9.17) is 9.15 Å². The Balaban J connectivity index is 1.56. The van der Waals surface area contributed by atoms with Crippen LogP contribution in [0.3, 0.4) is 0 Å². The number of hydrogen-bond donors (Lipinski definition) is 0. The Kier molecular flexibility index (Phi) is 2.31. The minimum atomic E-state index is -0.0757. The van der Waals surface area contributed by atoms with Gasteiger partial charge in [0, 0.05) is 0 Å². The molecule has 1 saturated carbocycles. The molecule has 3 nitrogen and oxygen atoms in total. The predicted octanol–water partition coefficient (Wildman–Crippen LogP) is 2.54. The number of hydrogen-bond acceptors (Lipinski definition) is 3. The molecule has 84 valence electrons. The van der Waals surface area contributed by atoms with Gasteiger partial charge in [0.1, 0.15) is 12.4 Å². The average Bonchev–Trinajstić information content (AvgIpc) is 3.01. The largest absolute Gasteiger partial charge is 0.466 e. The van der Waals surface area contributed by atoms with Gasteiger partial charge in [-0.3, -0.25) is 4.79 Å². The van der Waals surface area contributed by atoms with Crippen LogP contribution in [0.25, 0.3) is 0 Å². The molecule has 0 spiro atoms. The summed E-state index contributed by atoms with van der Waals surface area (Å²) in [4.78, 5) is 11.8. The van der Waals surface area contributed by atoms with Gasteiger partial charge in [-0.15, -0.1) is 0 Å². The van der Waals surface area contributed by atoms with Gasteiger partial charge in [0.05, 0.1) is 12.2 Å². The van der Waals surface area contributed by atoms with Crippen LogP contribution in [0.2, 0.25) is 0 Å². The summed E-state index contributed by atoms with van der Waals surface area (Å²) >= 11 is 0. The van der Waals surface area contributed by atoms with E-state index in [1.54, 1.807) is 12.3 Å². The van der Waals surface area contributed by atoms with E-state index < -0.39 is 0 Å². The Labute approximate surface area is 94.1 Å². The lowest BCUT2D eigenvalue weighted by Gasteiger charge is -2.15. The van der Waals surface area contributed by atoms with E-state index in [-0.39, 0.29) is 18.5 Å². The molecule has 3 rings (SSSR count). The summed E-state index contributed by atoms with van der Waals surface area (Å²) in [5.74, 6) is 1.71. The van der Waals surface area contributed by atoms with Crippen LogP contribution in [0.15, 0.2) is 35.0 Å². The molecule has 0 N–H and O–H groups in total. The zero-order valence-electron chi connectivity index (χ0n) is 8.96. The number of allylic oxidation sites excluding steroid dienone is 2. The molecule has 0 amide bonds. The first-order chi connectivity index (χ1) is 7.83. The van der Waals surface area contributed by atoms with Gasteiger partial charge >= 0.3 is 5.97 Å². The Morgan fingerprint density at radius 3 is 3.00 bits per heavy atom. The molecule has 3 atom stereocenters. The Morgan fingerprint density at radius 1 is 1.44 bits per heavy atom. The van der Waals surface area contributed by atoms with Gasteiger partial charge in [-0.2, -0.15) is 0 Å². The quantitative estimate of drug-likeness (QED) is 0.578. The number of fused-ring (bicyclic) bond motifs is 2. The lowest BCUT2D eigenvalue weighted by molar-refractivity contribution is -0.151. The summed E-state index contributed by atoms with van der Waals surface area (Å²) in [6.45, 7) is 0.253. The molecule has 1 aromatic heterocycles. The summed E-state index contributed by atoms with van der Waals surface area (Å²) in [5, 5.41) is 0. The highest BCUT2D eigenvalue weighted by molar-refractivity contribution is 5.74. The van der Waals surface area contributed by atoms with E-state index in [1.165, 1.54) is 0 Å². The third kappa shape index (κ3) is 1.66. The molecule has 1 aromatic rings. The van der Waals surface area contributed by atoms with Crippen molar-refractivity contribution in [3.8, 4) is 0 Å². The first kappa shape index (κ1) is 9.70. The van der Waals surface area contributed by atoms with Crippen LogP contribution >= 0.6 is 0 Å². The van der Waals surface area contributed by atoms with E-state index >= 15 is 0 Å². The summed E-state index contributed by atoms with van der Waals surface area (Å²) in [7, 11) is 0. The second-order valence-electron chi connectivity index (χ2n) is 4.57. The zero-order valence-corrected chi connectivity index (χ0v) is 8.96. The number of carbonyl (C=O) groups excluding carboxylic acids is 1. The minimum Gasteiger partial charge on any atom is -0.466 e. The summed E-state index contributed by atoms with van der Waals surface area (Å²) in [6, 6.07) is 3.61. The lowest BCUT2D eigenvalue weighted by Crippen LogP contribution is -2.21. The van der Waals surface area contributed by atoms with Gasteiger partial charge < -0.3 is 9.15 Å². The summed E-state index contributed by atoms with van der Waals surface area (Å²) in [5.41, 5.74) is 0. The van der Waals surface area contributed by atoms with Crippen molar-refractivity contribution in [1.29, 1.82) is 0 Å². The van der Waals surface area contributed by atoms with Crippen LogP contribution in [0.4, 0.5) is 0 Å². The van der Waals surface area contributed by atoms with E-state index in [0.29, 0.717) is 17.6 Å². The van der Waals surface area contributed by atoms with Crippen molar-refractivity contribution in [3.63, 3.8) is 0 Å². The number of furan rings is 1. The molecule has 1 fully saturated rings. The van der Waals surface area contributed by atoms with Crippen molar-refractivity contribution in [3.05, 3.63) is 36.3 Å². The van der Waals surface area contributed by atoms with Crippen LogP contribution in [-0.4, -0.2) is 5.97 Å². The van der Waals surface area contributed by atoms with Gasteiger partial charge in [0.2, 0.25) is 0 Å². The molecule has 0 saturated heterocycles. The van der Waals surface area contributed by atoms with Gasteiger partial charge in [0.25, 0.3) is 0 Å². The molecule has 0 radical (unpaired) electrons. The van der Waals surface area contributed by atoms with Crippen molar-refractivity contribution >= 4 is 5.97 Å². The molecular formula is C13H14O3. The Bertz CT molecular complexity index is 405. The third-order valence-electron chi connectivity index (χ3n) is 3.52. The van der Waals surface area contributed by atoms with Crippen molar-refractivity contribution in [2.75, 3.05) is 0 Å². The molecule has 2 aliphatic rings. The smallest absolute Gasteiger partial charge is 0.309 e. The monoisotopic (exact) mass is 218 g/mol. The molecule has 0 aromatic carbocycles. The lowest BCUT2D eigenvalue weighted by atomic mass is 9.94. The van der Waals surface area contributed by atoms with Crippen molar-refractivity contribution in [1.82, 2.24) is 0 Å². The molecule has 2 bridgehead atoms. The topological polar surface area (TPSA) is 39.4 Å². The molecule has 16 heavy (non-hydrogen) atoms. The summed E-state index contributed by atoms with van der Waals surface area (Å²) in [6.07, 6.45) is 8.05. The SMILES string of the molecule is O=C(OCc1ccco1)[C@@H]1C[C@H]2C=C[C@H]1C2. The normalized spacial score (nSPS) is 30.9. The van der Waals surface area contributed by atoms with E-state index in [0.717, 1.165) is 12.8 Å². The maximum absolute atomic E-state index is 11.8. The van der Waals surface area contributed by atoms with Crippen LogP contribution in [0.1, 0.15) is 18.6 Å². The maximum atomic E-state index is 11.8. The number of rotatable bonds is 3. The molecule has 0 aliphatic heterocycles. The van der Waals surface area contributed by atoms with E-state index in [9.17, 15) is 4.79 Å². The second kappa shape index (κ2) is 3.81. The zero-order chi connectivity index (χ0) is 11.0. The highest BCUT2D eigenvalue weighted by atomic mass is 16.5. The molecule has 2 aliphatic carbocycles.